The highest BCUT2D eigenvalue weighted by Gasteiger charge is 2.34. The summed E-state index contributed by atoms with van der Waals surface area (Å²) in [6.07, 6.45) is 2.56. The van der Waals surface area contributed by atoms with Crippen LogP contribution in [0.3, 0.4) is 0 Å². The SMILES string of the molecule is COc1ccc(-c2ccc(OC)c3c2C(=O)C(C)=CC3=O)c2c1C(=O)C=C(C)C2=O. The first-order chi connectivity index (χ1) is 14.3. The van der Waals surface area contributed by atoms with Crippen LogP contribution in [0.4, 0.5) is 0 Å². The summed E-state index contributed by atoms with van der Waals surface area (Å²) < 4.78 is 10.6. The van der Waals surface area contributed by atoms with E-state index in [-0.39, 0.29) is 56.9 Å². The Morgan fingerprint density at radius 2 is 0.933 bits per heavy atom. The normalized spacial score (nSPS) is 15.3. The minimum Gasteiger partial charge on any atom is -0.496 e. The van der Waals surface area contributed by atoms with Gasteiger partial charge in [-0.25, -0.2) is 0 Å². The minimum atomic E-state index is -0.346. The Morgan fingerprint density at radius 3 is 1.27 bits per heavy atom. The van der Waals surface area contributed by atoms with E-state index in [0.717, 1.165) is 0 Å². The molecule has 0 saturated carbocycles. The van der Waals surface area contributed by atoms with Gasteiger partial charge in [-0.1, -0.05) is 0 Å². The second-order valence-corrected chi connectivity index (χ2v) is 7.17. The molecule has 0 fully saturated rings. The average molecular weight is 402 g/mol. The lowest BCUT2D eigenvalue weighted by Crippen LogP contribution is -2.21. The number of allylic oxidation sites excluding steroid dienone is 4. The van der Waals surface area contributed by atoms with Crippen molar-refractivity contribution in [2.24, 2.45) is 0 Å². The van der Waals surface area contributed by atoms with Crippen LogP contribution in [0.15, 0.2) is 47.6 Å². The van der Waals surface area contributed by atoms with Gasteiger partial charge in [-0.15, -0.1) is 0 Å². The molecule has 2 aliphatic carbocycles. The van der Waals surface area contributed by atoms with Gasteiger partial charge in [0.1, 0.15) is 11.5 Å². The molecule has 0 spiro atoms. The van der Waals surface area contributed by atoms with E-state index in [4.69, 9.17) is 9.47 Å². The molecule has 0 radical (unpaired) electrons. The Labute approximate surface area is 172 Å². The molecule has 0 heterocycles. The van der Waals surface area contributed by atoms with Gasteiger partial charge in [0.25, 0.3) is 0 Å². The van der Waals surface area contributed by atoms with Crippen molar-refractivity contribution in [2.45, 2.75) is 13.8 Å². The summed E-state index contributed by atoms with van der Waals surface area (Å²) in [7, 11) is 2.84. The highest BCUT2D eigenvalue weighted by Crippen LogP contribution is 2.42. The summed E-state index contributed by atoms with van der Waals surface area (Å²) >= 11 is 0. The summed E-state index contributed by atoms with van der Waals surface area (Å²) in [5, 5.41) is 0. The third kappa shape index (κ3) is 2.64. The van der Waals surface area contributed by atoms with E-state index in [0.29, 0.717) is 22.3 Å². The maximum atomic E-state index is 13.1. The number of carbonyl (C=O) groups excluding carboxylic acids is 4. The van der Waals surface area contributed by atoms with Gasteiger partial charge in [-0.05, 0) is 61.4 Å². The summed E-state index contributed by atoms with van der Waals surface area (Å²) in [4.78, 5) is 51.5. The lowest BCUT2D eigenvalue weighted by Gasteiger charge is -2.23. The third-order valence-corrected chi connectivity index (χ3v) is 5.42. The molecule has 150 valence electrons. The predicted octanol–water partition coefficient (Wildman–Crippen LogP) is 4.02. The minimum absolute atomic E-state index is 0.150. The van der Waals surface area contributed by atoms with Crippen molar-refractivity contribution in [2.75, 3.05) is 14.2 Å². The van der Waals surface area contributed by atoms with Crippen LogP contribution >= 0.6 is 0 Å². The number of hydrogen-bond donors (Lipinski definition) is 0. The molecule has 30 heavy (non-hydrogen) atoms. The summed E-state index contributed by atoms with van der Waals surface area (Å²) in [5.41, 5.74) is 2.01. The van der Waals surface area contributed by atoms with Gasteiger partial charge in [0.15, 0.2) is 23.1 Å². The molecule has 0 bridgehead atoms. The van der Waals surface area contributed by atoms with Crippen molar-refractivity contribution in [1.29, 1.82) is 0 Å². The maximum Gasteiger partial charge on any atom is 0.190 e. The van der Waals surface area contributed by atoms with Crippen LogP contribution in [0, 0.1) is 0 Å². The van der Waals surface area contributed by atoms with E-state index in [1.165, 1.54) is 26.4 Å². The average Bonchev–Trinajstić information content (AvgIpc) is 2.73. The van der Waals surface area contributed by atoms with Crippen LogP contribution in [-0.2, 0) is 0 Å². The zero-order valence-electron chi connectivity index (χ0n) is 16.9. The van der Waals surface area contributed by atoms with E-state index >= 15 is 0 Å². The van der Waals surface area contributed by atoms with Crippen molar-refractivity contribution in [3.05, 3.63) is 69.8 Å². The molecule has 2 aromatic rings. The molecule has 6 heteroatoms. The van der Waals surface area contributed by atoms with Gasteiger partial charge in [0.05, 0.1) is 25.3 Å². The molecule has 0 unspecified atom stereocenters. The second-order valence-electron chi connectivity index (χ2n) is 7.17. The van der Waals surface area contributed by atoms with Crippen LogP contribution in [0.2, 0.25) is 0 Å². The molecule has 0 aromatic heterocycles. The first-order valence-electron chi connectivity index (χ1n) is 9.27. The van der Waals surface area contributed by atoms with Crippen molar-refractivity contribution < 1.29 is 28.7 Å². The van der Waals surface area contributed by atoms with Crippen molar-refractivity contribution in [1.82, 2.24) is 0 Å². The molecule has 0 aliphatic heterocycles. The van der Waals surface area contributed by atoms with E-state index in [2.05, 4.69) is 0 Å². The smallest absolute Gasteiger partial charge is 0.190 e. The van der Waals surface area contributed by atoms with E-state index in [1.807, 2.05) is 0 Å². The molecule has 4 rings (SSSR count). The summed E-state index contributed by atoms with van der Waals surface area (Å²) in [5.74, 6) is -0.799. The number of ether oxygens (including phenoxy) is 2. The Bertz CT molecular complexity index is 1150. The van der Waals surface area contributed by atoms with Crippen LogP contribution in [0.25, 0.3) is 11.1 Å². The predicted molar refractivity (Wildman–Crippen MR) is 110 cm³/mol. The molecule has 0 amide bonds. The molecule has 2 aliphatic rings. The molecule has 0 N–H and O–H groups in total. The van der Waals surface area contributed by atoms with E-state index < -0.39 is 0 Å². The molecule has 2 aromatic carbocycles. The first kappa shape index (κ1) is 19.5. The zero-order chi connectivity index (χ0) is 21.7. The fourth-order valence-corrected chi connectivity index (χ4v) is 3.98. The number of fused-ring (bicyclic) bond motifs is 2. The van der Waals surface area contributed by atoms with E-state index in [9.17, 15) is 19.2 Å². The number of rotatable bonds is 3. The largest absolute Gasteiger partial charge is 0.496 e. The van der Waals surface area contributed by atoms with Gasteiger partial charge in [-0.2, -0.15) is 0 Å². The van der Waals surface area contributed by atoms with E-state index in [1.54, 1.807) is 38.1 Å². The third-order valence-electron chi connectivity index (χ3n) is 5.42. The maximum absolute atomic E-state index is 13.1. The van der Waals surface area contributed by atoms with Crippen LogP contribution in [-0.4, -0.2) is 37.4 Å². The Balaban J connectivity index is 2.11. The number of benzene rings is 2. The molecule has 0 atom stereocenters. The molecular formula is C24H18O6. The van der Waals surface area contributed by atoms with Crippen LogP contribution < -0.4 is 9.47 Å². The van der Waals surface area contributed by atoms with Crippen LogP contribution in [0.1, 0.15) is 55.3 Å². The van der Waals surface area contributed by atoms with Gasteiger partial charge >= 0.3 is 0 Å². The number of methoxy groups -OCH3 is 2. The van der Waals surface area contributed by atoms with Gasteiger partial charge in [-0.3, -0.25) is 19.2 Å². The van der Waals surface area contributed by atoms with Crippen molar-refractivity contribution in [3.8, 4) is 22.6 Å². The second kappa shape index (κ2) is 6.91. The fourth-order valence-electron chi connectivity index (χ4n) is 3.98. The monoisotopic (exact) mass is 402 g/mol. The Morgan fingerprint density at radius 1 is 0.567 bits per heavy atom. The summed E-state index contributed by atoms with van der Waals surface area (Å²) in [6.45, 7) is 3.13. The molecule has 6 nitrogen and oxygen atoms in total. The van der Waals surface area contributed by atoms with Crippen molar-refractivity contribution >= 4 is 23.1 Å². The quantitative estimate of drug-likeness (QED) is 0.771. The standard InChI is InChI=1S/C24H18O6/c1-11-9-15(25)21-17(29-3)7-5-13(19(21)23(11)27)14-6-8-18(30-4)22-16(26)10-12(2)24(28)20(14)22/h5-10H,1-4H3. The fraction of sp³-hybridized carbons (Fsp3) is 0.167. The molecule has 0 saturated heterocycles. The number of carbonyl (C=O) groups is 4. The number of ketones is 4. The lowest BCUT2D eigenvalue weighted by molar-refractivity contribution is 0.0981. The number of hydrogen-bond acceptors (Lipinski definition) is 6. The highest BCUT2D eigenvalue weighted by molar-refractivity contribution is 6.30. The highest BCUT2D eigenvalue weighted by atomic mass is 16.5. The molecular weight excluding hydrogens is 384 g/mol. The van der Waals surface area contributed by atoms with Gasteiger partial charge < -0.3 is 9.47 Å². The summed E-state index contributed by atoms with van der Waals surface area (Å²) in [6, 6.07) is 6.44. The zero-order valence-corrected chi connectivity index (χ0v) is 16.9. The van der Waals surface area contributed by atoms with Gasteiger partial charge in [0, 0.05) is 22.3 Å². The van der Waals surface area contributed by atoms with Gasteiger partial charge in [0.2, 0.25) is 0 Å². The first-order valence-corrected chi connectivity index (χ1v) is 9.27. The Kier molecular flexibility index (Phi) is 4.50. The van der Waals surface area contributed by atoms with Crippen molar-refractivity contribution in [3.63, 3.8) is 0 Å². The number of Topliss-reactive ketones (excluding diaryl/α,β-unsaturated/α-hetero) is 2. The Hall–Kier alpha value is -3.80. The van der Waals surface area contributed by atoms with Crippen LogP contribution in [0.5, 0.6) is 11.5 Å². The lowest BCUT2D eigenvalue weighted by atomic mass is 9.79. The topological polar surface area (TPSA) is 86.7 Å².